The van der Waals surface area contributed by atoms with Crippen LogP contribution in [0.5, 0.6) is 0 Å². The van der Waals surface area contributed by atoms with E-state index in [1.165, 1.54) is 23.1 Å². The van der Waals surface area contributed by atoms with Crippen molar-refractivity contribution in [1.82, 2.24) is 20.4 Å². The maximum atomic E-state index is 11.7. The first kappa shape index (κ1) is 14.7. The van der Waals surface area contributed by atoms with Crippen molar-refractivity contribution < 1.29 is 9.21 Å². The van der Waals surface area contributed by atoms with Crippen molar-refractivity contribution in [2.24, 2.45) is 0 Å². The minimum absolute atomic E-state index is 0.118. The lowest BCUT2D eigenvalue weighted by Crippen LogP contribution is -2.14. The molecule has 0 unspecified atom stereocenters. The Morgan fingerprint density at radius 2 is 2.15 bits per heavy atom. The van der Waals surface area contributed by atoms with Crippen molar-refractivity contribution in [3.05, 3.63) is 5.89 Å². The Bertz CT molecular complexity index is 582. The van der Waals surface area contributed by atoms with Gasteiger partial charge in [-0.2, -0.15) is 0 Å². The van der Waals surface area contributed by atoms with Gasteiger partial charge in [-0.15, -0.1) is 15.3 Å². The third-order valence-electron chi connectivity index (χ3n) is 2.13. The molecule has 2 N–H and O–H groups in total. The summed E-state index contributed by atoms with van der Waals surface area (Å²) in [5.74, 6) is 0.604. The van der Waals surface area contributed by atoms with E-state index in [0.29, 0.717) is 11.0 Å². The number of nitrogens with zero attached hydrogens (tertiary/aromatic N) is 4. The number of amides is 1. The normalized spacial score (nSPS) is 10.8. The van der Waals surface area contributed by atoms with Crippen LogP contribution >= 0.6 is 23.1 Å². The van der Waals surface area contributed by atoms with Crippen molar-refractivity contribution in [2.45, 2.75) is 24.1 Å². The van der Waals surface area contributed by atoms with E-state index in [1.54, 1.807) is 7.05 Å². The number of hydrogen-bond donors (Lipinski definition) is 2. The standard InChI is InChI=1S/C10H14N6O2S2/c1-5(2)7-13-14-8(18-7)12-6(17)4-19-10-16-15-9(11-3)20-10/h5H,4H2,1-3H3,(H,11,15)(H,12,14,17). The van der Waals surface area contributed by atoms with Crippen LogP contribution in [-0.2, 0) is 4.79 Å². The van der Waals surface area contributed by atoms with Crippen LogP contribution in [0.4, 0.5) is 11.1 Å². The van der Waals surface area contributed by atoms with Crippen LogP contribution in [0.25, 0.3) is 0 Å². The molecule has 20 heavy (non-hydrogen) atoms. The van der Waals surface area contributed by atoms with Gasteiger partial charge >= 0.3 is 6.01 Å². The van der Waals surface area contributed by atoms with Gasteiger partial charge in [-0.05, 0) is 0 Å². The Morgan fingerprint density at radius 3 is 2.75 bits per heavy atom. The summed E-state index contributed by atoms with van der Waals surface area (Å²) in [4.78, 5) is 11.7. The van der Waals surface area contributed by atoms with Crippen LogP contribution < -0.4 is 10.6 Å². The molecule has 0 aromatic carbocycles. The Balaban J connectivity index is 1.82. The second-order valence-corrected chi connectivity index (χ2v) is 6.26. The first-order valence-electron chi connectivity index (χ1n) is 5.85. The quantitative estimate of drug-likeness (QED) is 0.778. The minimum Gasteiger partial charge on any atom is -0.408 e. The molecule has 0 fully saturated rings. The lowest BCUT2D eigenvalue weighted by atomic mass is 10.2. The lowest BCUT2D eigenvalue weighted by Gasteiger charge is -1.98. The van der Waals surface area contributed by atoms with Gasteiger partial charge in [0.2, 0.25) is 16.9 Å². The third-order valence-corrected chi connectivity index (χ3v) is 4.20. The maximum absolute atomic E-state index is 11.7. The molecule has 10 heteroatoms. The smallest absolute Gasteiger partial charge is 0.322 e. The van der Waals surface area contributed by atoms with Gasteiger partial charge < -0.3 is 9.73 Å². The molecule has 0 saturated heterocycles. The summed E-state index contributed by atoms with van der Waals surface area (Å²) in [7, 11) is 1.77. The molecule has 0 aliphatic heterocycles. The van der Waals surface area contributed by atoms with Crippen molar-refractivity contribution in [3.63, 3.8) is 0 Å². The van der Waals surface area contributed by atoms with E-state index in [2.05, 4.69) is 31.0 Å². The van der Waals surface area contributed by atoms with E-state index in [9.17, 15) is 4.79 Å². The van der Waals surface area contributed by atoms with Crippen molar-refractivity contribution in [2.75, 3.05) is 23.4 Å². The molecule has 0 bridgehead atoms. The molecule has 2 aromatic rings. The van der Waals surface area contributed by atoms with E-state index in [-0.39, 0.29) is 23.6 Å². The second-order valence-electron chi connectivity index (χ2n) is 4.06. The molecular formula is C10H14N6O2S2. The largest absolute Gasteiger partial charge is 0.408 e. The molecule has 0 saturated carbocycles. The monoisotopic (exact) mass is 314 g/mol. The maximum Gasteiger partial charge on any atom is 0.322 e. The molecule has 0 spiro atoms. The molecule has 0 radical (unpaired) electrons. The van der Waals surface area contributed by atoms with Crippen molar-refractivity contribution in [1.29, 1.82) is 0 Å². The molecule has 1 amide bonds. The molecule has 0 aliphatic rings. The predicted octanol–water partition coefficient (Wildman–Crippen LogP) is 1.82. The minimum atomic E-state index is -0.227. The van der Waals surface area contributed by atoms with Crippen LogP contribution in [0, 0.1) is 0 Å². The fourth-order valence-corrected chi connectivity index (χ4v) is 2.68. The van der Waals surface area contributed by atoms with Crippen molar-refractivity contribution >= 4 is 40.2 Å². The number of nitrogens with one attached hydrogen (secondary N) is 2. The topological polar surface area (TPSA) is 106 Å². The zero-order valence-electron chi connectivity index (χ0n) is 11.2. The highest BCUT2D eigenvalue weighted by Gasteiger charge is 2.13. The zero-order valence-corrected chi connectivity index (χ0v) is 12.8. The molecule has 0 atom stereocenters. The van der Waals surface area contributed by atoms with Gasteiger partial charge in [-0.25, -0.2) is 0 Å². The number of aromatic nitrogens is 4. The Kier molecular flexibility index (Phi) is 4.90. The number of anilines is 2. The van der Waals surface area contributed by atoms with Crippen LogP contribution in [0.1, 0.15) is 25.7 Å². The molecule has 8 nitrogen and oxygen atoms in total. The molecular weight excluding hydrogens is 300 g/mol. The van der Waals surface area contributed by atoms with E-state index in [1.807, 2.05) is 13.8 Å². The molecule has 0 aliphatic carbocycles. The van der Waals surface area contributed by atoms with Crippen LogP contribution in [0.2, 0.25) is 0 Å². The predicted molar refractivity (Wildman–Crippen MR) is 77.2 cm³/mol. The van der Waals surface area contributed by atoms with Gasteiger partial charge in [0.15, 0.2) is 4.34 Å². The Morgan fingerprint density at radius 1 is 1.35 bits per heavy atom. The van der Waals surface area contributed by atoms with E-state index >= 15 is 0 Å². The molecule has 2 rings (SSSR count). The number of thioether (sulfide) groups is 1. The third kappa shape index (κ3) is 3.90. The summed E-state index contributed by atoms with van der Waals surface area (Å²) in [6.45, 7) is 3.87. The van der Waals surface area contributed by atoms with Gasteiger partial charge in [-0.3, -0.25) is 10.1 Å². The van der Waals surface area contributed by atoms with Crippen LogP contribution in [0.15, 0.2) is 8.76 Å². The summed E-state index contributed by atoms with van der Waals surface area (Å²) in [6, 6.07) is 0.118. The first-order valence-corrected chi connectivity index (χ1v) is 7.66. The zero-order chi connectivity index (χ0) is 14.5. The SMILES string of the molecule is CNc1nnc(SCC(=O)Nc2nnc(C(C)C)o2)s1. The second kappa shape index (κ2) is 6.66. The molecule has 2 heterocycles. The highest BCUT2D eigenvalue weighted by molar-refractivity contribution is 8.01. The first-order chi connectivity index (χ1) is 9.58. The summed E-state index contributed by atoms with van der Waals surface area (Å²) in [5, 5.41) is 21.6. The molecule has 108 valence electrons. The van der Waals surface area contributed by atoms with Gasteiger partial charge in [-0.1, -0.05) is 42.0 Å². The van der Waals surface area contributed by atoms with E-state index < -0.39 is 0 Å². The van der Waals surface area contributed by atoms with Gasteiger partial charge in [0.05, 0.1) is 5.75 Å². The van der Waals surface area contributed by atoms with Crippen LogP contribution in [0.3, 0.4) is 0 Å². The number of carbonyl (C=O) groups is 1. The summed E-state index contributed by atoms with van der Waals surface area (Å²) >= 11 is 2.69. The Labute approximate surface area is 123 Å². The van der Waals surface area contributed by atoms with Crippen LogP contribution in [-0.4, -0.2) is 39.1 Å². The highest BCUT2D eigenvalue weighted by Crippen LogP contribution is 2.25. The fraction of sp³-hybridized carbons (Fsp3) is 0.500. The average Bonchev–Trinajstić information content (AvgIpc) is 3.04. The highest BCUT2D eigenvalue weighted by atomic mass is 32.2. The van der Waals surface area contributed by atoms with Gasteiger partial charge in [0.1, 0.15) is 0 Å². The van der Waals surface area contributed by atoms with E-state index in [4.69, 9.17) is 4.42 Å². The Hall–Kier alpha value is -1.68. The number of hydrogen-bond acceptors (Lipinski definition) is 9. The van der Waals surface area contributed by atoms with Crippen molar-refractivity contribution in [3.8, 4) is 0 Å². The lowest BCUT2D eigenvalue weighted by molar-refractivity contribution is -0.113. The summed E-state index contributed by atoms with van der Waals surface area (Å²) in [5.41, 5.74) is 0. The van der Waals surface area contributed by atoms with E-state index in [0.717, 1.165) is 4.34 Å². The summed E-state index contributed by atoms with van der Waals surface area (Å²) < 4.78 is 6.01. The number of carbonyl (C=O) groups excluding carboxylic acids is 1. The number of rotatable bonds is 6. The molecule has 2 aromatic heterocycles. The fourth-order valence-electron chi connectivity index (χ4n) is 1.17. The van der Waals surface area contributed by atoms with Gasteiger partial charge in [0, 0.05) is 13.0 Å². The van der Waals surface area contributed by atoms with Gasteiger partial charge in [0.25, 0.3) is 0 Å². The average molecular weight is 314 g/mol. The summed E-state index contributed by atoms with van der Waals surface area (Å²) in [6.07, 6.45) is 0.